The number of hydrogen-bond donors (Lipinski definition) is 1. The van der Waals surface area contributed by atoms with Gasteiger partial charge in [0.15, 0.2) is 9.84 Å². The van der Waals surface area contributed by atoms with E-state index in [2.05, 4.69) is 4.98 Å². The van der Waals surface area contributed by atoms with Crippen molar-refractivity contribution in [1.29, 1.82) is 0 Å². The molecule has 0 atom stereocenters. The van der Waals surface area contributed by atoms with E-state index < -0.39 is 9.84 Å². The lowest BCUT2D eigenvalue weighted by Crippen LogP contribution is -2.16. The highest BCUT2D eigenvalue weighted by Gasteiger charge is 2.13. The first-order valence-electron chi connectivity index (χ1n) is 6.42. The predicted octanol–water partition coefficient (Wildman–Crippen LogP) is 1.62. The molecular weight excluding hydrogens is 262 g/mol. The Hall–Kier alpha value is -1.56. The van der Waals surface area contributed by atoms with Crippen molar-refractivity contribution in [3.8, 4) is 0 Å². The van der Waals surface area contributed by atoms with Gasteiger partial charge in [0.25, 0.3) is 0 Å². The van der Waals surface area contributed by atoms with E-state index in [4.69, 9.17) is 5.73 Å². The summed E-state index contributed by atoms with van der Waals surface area (Å²) in [4.78, 5) is 4.51. The van der Waals surface area contributed by atoms with Crippen LogP contribution in [0.3, 0.4) is 0 Å². The van der Waals surface area contributed by atoms with Crippen LogP contribution in [0.5, 0.6) is 0 Å². The molecule has 1 heterocycles. The number of aromatic nitrogens is 2. The molecule has 0 saturated carbocycles. The number of hydrogen-bond acceptors (Lipinski definition) is 4. The lowest BCUT2D eigenvalue weighted by Gasteiger charge is -2.08. The highest BCUT2D eigenvalue weighted by atomic mass is 32.2. The van der Waals surface area contributed by atoms with Gasteiger partial charge in [-0.25, -0.2) is 13.4 Å². The van der Waals surface area contributed by atoms with Crippen LogP contribution in [0.2, 0.25) is 0 Å². The van der Waals surface area contributed by atoms with E-state index in [0.717, 1.165) is 23.3 Å². The second-order valence-electron chi connectivity index (χ2n) is 4.52. The minimum absolute atomic E-state index is 0.145. The fourth-order valence-electron chi connectivity index (χ4n) is 2.09. The molecule has 0 bridgehead atoms. The van der Waals surface area contributed by atoms with Crippen molar-refractivity contribution in [3.63, 3.8) is 0 Å². The molecular formula is C13H19N3O2S. The molecule has 2 rings (SSSR count). The van der Waals surface area contributed by atoms with Crippen LogP contribution in [-0.4, -0.2) is 29.5 Å². The zero-order valence-corrected chi connectivity index (χ0v) is 12.1. The first-order valence-corrected chi connectivity index (χ1v) is 8.24. The average Bonchev–Trinajstić information content (AvgIpc) is 2.73. The van der Waals surface area contributed by atoms with Crippen LogP contribution in [-0.2, 0) is 22.8 Å². The second kappa shape index (κ2) is 5.21. The van der Waals surface area contributed by atoms with Crippen LogP contribution < -0.4 is 5.73 Å². The fourth-order valence-corrected chi connectivity index (χ4v) is 2.84. The van der Waals surface area contributed by atoms with E-state index in [1.165, 1.54) is 0 Å². The third-order valence-electron chi connectivity index (χ3n) is 3.23. The molecule has 6 heteroatoms. The number of imidazole rings is 1. The molecule has 0 radical (unpaired) electrons. The minimum atomic E-state index is -2.97. The van der Waals surface area contributed by atoms with Crippen molar-refractivity contribution in [2.45, 2.75) is 26.8 Å². The van der Waals surface area contributed by atoms with E-state index in [1.807, 2.05) is 29.7 Å². The van der Waals surface area contributed by atoms with Crippen LogP contribution in [0, 0.1) is 0 Å². The number of benzene rings is 1. The van der Waals surface area contributed by atoms with Gasteiger partial charge in [0, 0.05) is 24.4 Å². The van der Waals surface area contributed by atoms with Crippen molar-refractivity contribution in [2.24, 2.45) is 0 Å². The summed E-state index contributed by atoms with van der Waals surface area (Å²) < 4.78 is 25.2. The summed E-state index contributed by atoms with van der Waals surface area (Å²) in [5.41, 5.74) is 8.18. The molecule has 5 nitrogen and oxygen atoms in total. The molecule has 1 aromatic heterocycles. The molecule has 1 aromatic carbocycles. The molecule has 0 amide bonds. The number of sulfone groups is 1. The second-order valence-corrected chi connectivity index (χ2v) is 6.99. The molecule has 0 fully saturated rings. The van der Waals surface area contributed by atoms with Crippen molar-refractivity contribution in [1.82, 2.24) is 9.55 Å². The van der Waals surface area contributed by atoms with Crippen LogP contribution in [0.1, 0.15) is 19.7 Å². The average molecular weight is 281 g/mol. The number of rotatable bonds is 5. The number of aryl methyl sites for hydroxylation is 2. The zero-order chi connectivity index (χ0) is 14.0. The highest BCUT2D eigenvalue weighted by Crippen LogP contribution is 2.19. The van der Waals surface area contributed by atoms with Crippen molar-refractivity contribution in [2.75, 3.05) is 17.2 Å². The van der Waals surface area contributed by atoms with E-state index in [-0.39, 0.29) is 11.5 Å². The van der Waals surface area contributed by atoms with Crippen LogP contribution in [0.4, 0.5) is 5.69 Å². The first-order chi connectivity index (χ1) is 8.96. The largest absolute Gasteiger partial charge is 0.399 e. The Labute approximate surface area is 113 Å². The molecule has 19 heavy (non-hydrogen) atoms. The number of nitrogens with zero attached hydrogens (tertiary/aromatic N) is 2. The quantitative estimate of drug-likeness (QED) is 0.845. The Morgan fingerprint density at radius 1 is 1.32 bits per heavy atom. The van der Waals surface area contributed by atoms with E-state index in [0.29, 0.717) is 12.2 Å². The third-order valence-corrected chi connectivity index (χ3v) is 4.92. The summed E-state index contributed by atoms with van der Waals surface area (Å²) in [5.74, 6) is 1.22. The zero-order valence-electron chi connectivity index (χ0n) is 11.3. The number of anilines is 1. The van der Waals surface area contributed by atoms with Gasteiger partial charge in [-0.3, -0.25) is 0 Å². The Morgan fingerprint density at radius 3 is 2.68 bits per heavy atom. The van der Waals surface area contributed by atoms with Crippen molar-refractivity contribution in [3.05, 3.63) is 24.0 Å². The summed E-state index contributed by atoms with van der Waals surface area (Å²) in [7, 11) is -2.97. The lowest BCUT2D eigenvalue weighted by atomic mass is 10.3. The van der Waals surface area contributed by atoms with Gasteiger partial charge in [0.1, 0.15) is 5.82 Å². The topological polar surface area (TPSA) is 78.0 Å². The normalized spacial score (nSPS) is 12.1. The molecule has 2 N–H and O–H groups in total. The van der Waals surface area contributed by atoms with E-state index >= 15 is 0 Å². The summed E-state index contributed by atoms with van der Waals surface area (Å²) in [6.07, 6.45) is 0.765. The van der Waals surface area contributed by atoms with Gasteiger partial charge in [-0.05, 0) is 18.2 Å². The Bertz CT molecular complexity index is 689. The molecule has 104 valence electrons. The summed E-state index contributed by atoms with van der Waals surface area (Å²) in [6.45, 7) is 4.12. The lowest BCUT2D eigenvalue weighted by molar-refractivity contribution is 0.589. The van der Waals surface area contributed by atoms with Gasteiger partial charge in [-0.2, -0.15) is 0 Å². The van der Waals surface area contributed by atoms with Crippen molar-refractivity contribution >= 4 is 26.6 Å². The molecule has 0 saturated heterocycles. The molecule has 0 aliphatic heterocycles. The van der Waals surface area contributed by atoms with Gasteiger partial charge in [-0.1, -0.05) is 13.8 Å². The Morgan fingerprint density at radius 2 is 2.05 bits per heavy atom. The van der Waals surface area contributed by atoms with Gasteiger partial charge >= 0.3 is 0 Å². The predicted molar refractivity (Wildman–Crippen MR) is 77.9 cm³/mol. The molecule has 2 aromatic rings. The molecule has 0 unspecified atom stereocenters. The minimum Gasteiger partial charge on any atom is -0.399 e. The molecule has 0 aliphatic rings. The maximum absolute atomic E-state index is 11.6. The summed E-state index contributed by atoms with van der Waals surface area (Å²) in [6, 6.07) is 5.53. The van der Waals surface area contributed by atoms with Crippen LogP contribution >= 0.6 is 0 Å². The maximum Gasteiger partial charge on any atom is 0.151 e. The highest BCUT2D eigenvalue weighted by molar-refractivity contribution is 7.91. The molecule has 0 spiro atoms. The summed E-state index contributed by atoms with van der Waals surface area (Å²) >= 11 is 0. The maximum atomic E-state index is 11.6. The van der Waals surface area contributed by atoms with Gasteiger partial charge < -0.3 is 10.3 Å². The SMILES string of the molecule is CCc1nc2cc(N)ccc2n1CCS(=O)(=O)CC. The number of nitrogen functional groups attached to an aromatic ring is 1. The van der Waals surface area contributed by atoms with E-state index in [1.54, 1.807) is 6.92 Å². The Kier molecular flexibility index (Phi) is 3.80. The number of fused-ring (bicyclic) bond motifs is 1. The monoisotopic (exact) mass is 281 g/mol. The van der Waals surface area contributed by atoms with E-state index in [9.17, 15) is 8.42 Å². The first kappa shape index (κ1) is 13.9. The van der Waals surface area contributed by atoms with Crippen LogP contribution in [0.25, 0.3) is 11.0 Å². The van der Waals surface area contributed by atoms with Gasteiger partial charge in [-0.15, -0.1) is 0 Å². The third kappa shape index (κ3) is 2.89. The summed E-state index contributed by atoms with van der Waals surface area (Å²) in [5, 5.41) is 0. The van der Waals surface area contributed by atoms with Gasteiger partial charge in [0.2, 0.25) is 0 Å². The Balaban J connectivity index is 2.41. The van der Waals surface area contributed by atoms with Gasteiger partial charge in [0.05, 0.1) is 16.8 Å². The fraction of sp³-hybridized carbons (Fsp3) is 0.462. The van der Waals surface area contributed by atoms with Crippen molar-refractivity contribution < 1.29 is 8.42 Å². The standard InChI is InChI=1S/C13H19N3O2S/c1-3-13-15-11-9-10(14)5-6-12(11)16(13)7-8-19(17,18)4-2/h5-6,9H,3-4,7-8,14H2,1-2H3. The smallest absolute Gasteiger partial charge is 0.151 e. The van der Waals surface area contributed by atoms with Crippen LogP contribution in [0.15, 0.2) is 18.2 Å². The number of nitrogens with two attached hydrogens (primary N) is 1. The molecule has 0 aliphatic carbocycles.